The van der Waals surface area contributed by atoms with Crippen molar-refractivity contribution in [2.75, 3.05) is 21.2 Å². The van der Waals surface area contributed by atoms with E-state index in [4.69, 9.17) is 0 Å². The number of rotatable bonds is 4. The first kappa shape index (κ1) is 20.9. The molecular weight excluding hydrogens is 365 g/mol. The number of halogens is 1. The fourth-order valence-electron chi connectivity index (χ4n) is 2.50. The molecule has 0 bridgehead atoms. The second-order valence-electron chi connectivity index (χ2n) is 5.85. The van der Waals surface area contributed by atoms with Crippen LogP contribution in [0.3, 0.4) is 0 Å². The van der Waals surface area contributed by atoms with Crippen molar-refractivity contribution < 1.29 is 23.8 Å². The van der Waals surface area contributed by atoms with E-state index in [2.05, 4.69) is 20.0 Å². The predicted octanol–water partition coefficient (Wildman–Crippen LogP) is 2.50. The van der Waals surface area contributed by atoms with Crippen LogP contribution in [0.15, 0.2) is 36.5 Å². The number of aromatic hydroxyl groups is 1. The lowest BCUT2D eigenvalue weighted by Crippen LogP contribution is -2.08. The summed E-state index contributed by atoms with van der Waals surface area (Å²) in [7, 11) is 4.90. The second kappa shape index (κ2) is 9.52. The first-order chi connectivity index (χ1) is 13.4. The molecule has 0 aliphatic rings. The summed E-state index contributed by atoms with van der Waals surface area (Å²) < 4.78 is 17.5. The Morgan fingerprint density at radius 3 is 2.46 bits per heavy atom. The molecule has 0 aliphatic heterocycles. The highest BCUT2D eigenvalue weighted by Gasteiger charge is 2.20. The van der Waals surface area contributed by atoms with Gasteiger partial charge in [-0.2, -0.15) is 0 Å². The first-order valence-corrected chi connectivity index (χ1v) is 8.33. The molecule has 0 radical (unpaired) electrons. The number of carbonyl (C=O) groups is 2. The zero-order valence-electron chi connectivity index (χ0n) is 15.7. The largest absolute Gasteiger partial charge is 0.504 e. The molecule has 0 aliphatic carbocycles. The van der Waals surface area contributed by atoms with Crippen LogP contribution in [0.25, 0.3) is 10.9 Å². The number of benzene rings is 1. The Bertz CT molecular complexity index is 991. The van der Waals surface area contributed by atoms with Gasteiger partial charge in [0.1, 0.15) is 17.0 Å². The average molecular weight is 385 g/mol. The SMILES string of the molecule is CNC.COC(=O)c1nc(C=O)c2cc(Cc3ccc(F)cc3)cnc2c1O. The molecule has 2 heterocycles. The van der Waals surface area contributed by atoms with Gasteiger partial charge in [-0.25, -0.2) is 14.2 Å². The lowest BCUT2D eigenvalue weighted by Gasteiger charge is -2.09. The van der Waals surface area contributed by atoms with Gasteiger partial charge in [0.25, 0.3) is 0 Å². The Labute approximate surface area is 161 Å². The smallest absolute Gasteiger partial charge is 0.360 e. The highest BCUT2D eigenvalue weighted by atomic mass is 19.1. The minimum Gasteiger partial charge on any atom is -0.504 e. The van der Waals surface area contributed by atoms with E-state index < -0.39 is 11.7 Å². The minimum absolute atomic E-state index is 0.0262. The van der Waals surface area contributed by atoms with Crippen LogP contribution in [0.5, 0.6) is 5.75 Å². The number of ether oxygens (including phenoxy) is 1. The summed E-state index contributed by atoms with van der Waals surface area (Å²) in [5.41, 5.74) is 1.30. The van der Waals surface area contributed by atoms with Crippen LogP contribution in [0, 0.1) is 5.82 Å². The van der Waals surface area contributed by atoms with Gasteiger partial charge < -0.3 is 15.2 Å². The topological polar surface area (TPSA) is 101 Å². The molecule has 3 aromatic rings. The van der Waals surface area contributed by atoms with E-state index in [9.17, 15) is 19.1 Å². The number of hydrogen-bond acceptors (Lipinski definition) is 7. The average Bonchev–Trinajstić information content (AvgIpc) is 2.70. The lowest BCUT2D eigenvalue weighted by molar-refractivity contribution is 0.0590. The second-order valence-corrected chi connectivity index (χ2v) is 5.85. The first-order valence-electron chi connectivity index (χ1n) is 8.33. The standard InChI is InChI=1S/C18H13FN2O4.C2H7N/c1-25-18(24)16-17(23)15-13(14(9-22)21-16)7-11(8-20-15)6-10-2-4-12(19)5-3-10;1-3-2/h2-5,7-9,23H,6H2,1H3;3H,1-2H3. The Kier molecular flexibility index (Phi) is 7.11. The Morgan fingerprint density at radius 2 is 1.89 bits per heavy atom. The summed E-state index contributed by atoms with van der Waals surface area (Å²) in [6, 6.07) is 7.67. The van der Waals surface area contributed by atoms with Gasteiger partial charge in [0.2, 0.25) is 0 Å². The van der Waals surface area contributed by atoms with Crippen LogP contribution in [-0.4, -0.2) is 48.5 Å². The summed E-state index contributed by atoms with van der Waals surface area (Å²) in [5, 5.41) is 13.3. The molecule has 0 atom stereocenters. The van der Waals surface area contributed by atoms with Gasteiger partial charge in [0.15, 0.2) is 17.7 Å². The van der Waals surface area contributed by atoms with Crippen molar-refractivity contribution in [3.05, 3.63) is 64.9 Å². The van der Waals surface area contributed by atoms with E-state index in [1.54, 1.807) is 18.2 Å². The van der Waals surface area contributed by atoms with Crippen LogP contribution in [0.2, 0.25) is 0 Å². The van der Waals surface area contributed by atoms with E-state index in [0.29, 0.717) is 18.1 Å². The van der Waals surface area contributed by atoms with Gasteiger partial charge in [0.05, 0.1) is 7.11 Å². The molecule has 7 nitrogen and oxygen atoms in total. The third kappa shape index (κ3) is 4.66. The number of carbonyl (C=O) groups excluding carboxylic acids is 2. The van der Waals surface area contributed by atoms with Crippen molar-refractivity contribution >= 4 is 23.2 Å². The fourth-order valence-corrected chi connectivity index (χ4v) is 2.50. The number of pyridine rings is 2. The molecule has 3 rings (SSSR count). The van der Waals surface area contributed by atoms with Crippen molar-refractivity contribution in [2.24, 2.45) is 0 Å². The Balaban J connectivity index is 0.000000878. The number of fused-ring (bicyclic) bond motifs is 1. The molecule has 0 amide bonds. The van der Waals surface area contributed by atoms with Crippen LogP contribution >= 0.6 is 0 Å². The number of aldehydes is 1. The summed E-state index contributed by atoms with van der Waals surface area (Å²) in [4.78, 5) is 31.0. The number of esters is 1. The van der Waals surface area contributed by atoms with Crippen molar-refractivity contribution in [2.45, 2.75) is 6.42 Å². The molecule has 0 fully saturated rings. The van der Waals surface area contributed by atoms with Crippen molar-refractivity contribution in [1.82, 2.24) is 15.3 Å². The summed E-state index contributed by atoms with van der Waals surface area (Å²) in [6.45, 7) is 0. The van der Waals surface area contributed by atoms with Crippen molar-refractivity contribution in [3.8, 4) is 5.75 Å². The van der Waals surface area contributed by atoms with Gasteiger partial charge in [-0.15, -0.1) is 0 Å². The van der Waals surface area contributed by atoms with Crippen LogP contribution in [0.4, 0.5) is 4.39 Å². The van der Waals surface area contributed by atoms with E-state index in [1.807, 2.05) is 14.1 Å². The van der Waals surface area contributed by atoms with Crippen molar-refractivity contribution in [3.63, 3.8) is 0 Å². The van der Waals surface area contributed by atoms with E-state index >= 15 is 0 Å². The predicted molar refractivity (Wildman–Crippen MR) is 102 cm³/mol. The third-order valence-corrected chi connectivity index (χ3v) is 3.71. The molecule has 146 valence electrons. The summed E-state index contributed by atoms with van der Waals surface area (Å²) in [6.07, 6.45) is 2.46. The maximum Gasteiger partial charge on any atom is 0.360 e. The highest BCUT2D eigenvalue weighted by molar-refractivity contribution is 6.03. The van der Waals surface area contributed by atoms with Gasteiger partial charge in [-0.1, -0.05) is 12.1 Å². The molecule has 0 spiro atoms. The maximum atomic E-state index is 13.0. The van der Waals surface area contributed by atoms with Crippen LogP contribution < -0.4 is 5.32 Å². The van der Waals surface area contributed by atoms with Crippen molar-refractivity contribution in [1.29, 1.82) is 0 Å². The number of nitrogens with one attached hydrogen (secondary N) is 1. The van der Waals surface area contributed by atoms with Gasteiger partial charge >= 0.3 is 5.97 Å². The minimum atomic E-state index is -0.861. The van der Waals surface area contributed by atoms with Crippen LogP contribution in [0.1, 0.15) is 32.1 Å². The number of hydrogen-bond donors (Lipinski definition) is 2. The van der Waals surface area contributed by atoms with Gasteiger partial charge in [-0.3, -0.25) is 9.78 Å². The van der Waals surface area contributed by atoms with E-state index in [1.165, 1.54) is 18.3 Å². The summed E-state index contributed by atoms with van der Waals surface area (Å²) >= 11 is 0. The number of nitrogens with zero attached hydrogens (tertiary/aromatic N) is 2. The van der Waals surface area contributed by atoms with E-state index in [0.717, 1.165) is 18.2 Å². The normalized spacial score (nSPS) is 10.1. The third-order valence-electron chi connectivity index (χ3n) is 3.71. The molecule has 2 N–H and O–H groups in total. The van der Waals surface area contributed by atoms with Crippen LogP contribution in [-0.2, 0) is 11.2 Å². The highest BCUT2D eigenvalue weighted by Crippen LogP contribution is 2.29. The van der Waals surface area contributed by atoms with Gasteiger partial charge in [0, 0.05) is 11.6 Å². The monoisotopic (exact) mass is 385 g/mol. The molecular formula is C20H20FN3O4. The molecule has 2 aromatic heterocycles. The quantitative estimate of drug-likeness (QED) is 0.526. The zero-order chi connectivity index (χ0) is 20.7. The Morgan fingerprint density at radius 1 is 1.25 bits per heavy atom. The fraction of sp³-hybridized carbons (Fsp3) is 0.200. The number of methoxy groups -OCH3 is 1. The maximum absolute atomic E-state index is 13.0. The molecule has 0 saturated heterocycles. The Hall–Kier alpha value is -3.39. The molecule has 0 unspecified atom stereocenters. The molecule has 1 aromatic carbocycles. The van der Waals surface area contributed by atoms with E-state index in [-0.39, 0.29) is 22.7 Å². The molecule has 28 heavy (non-hydrogen) atoms. The molecule has 0 saturated carbocycles. The molecule has 8 heteroatoms. The van der Waals surface area contributed by atoms with Gasteiger partial charge in [-0.05, 0) is 49.8 Å². The number of aromatic nitrogens is 2. The summed E-state index contributed by atoms with van der Waals surface area (Å²) in [5.74, 6) is -1.63. The lowest BCUT2D eigenvalue weighted by atomic mass is 10.0. The zero-order valence-corrected chi connectivity index (χ0v) is 15.7.